The monoisotopic (exact) mass is 260 g/mol. The SMILES string of the molecule is CCN1C(=O)c2cccc3c(S(N)=O)ccc1c23. The molecule has 3 rings (SSSR count). The number of hydrogen-bond acceptors (Lipinski definition) is 2. The van der Waals surface area contributed by atoms with Crippen LogP contribution in [0.25, 0.3) is 10.8 Å². The smallest absolute Gasteiger partial charge is 0.258 e. The number of amides is 1. The molecule has 1 amide bonds. The Morgan fingerprint density at radius 1 is 1.28 bits per heavy atom. The summed E-state index contributed by atoms with van der Waals surface area (Å²) < 4.78 is 11.5. The molecule has 1 unspecified atom stereocenters. The summed E-state index contributed by atoms with van der Waals surface area (Å²) in [5.74, 6) is -0.00180. The maximum Gasteiger partial charge on any atom is 0.258 e. The number of rotatable bonds is 2. The summed E-state index contributed by atoms with van der Waals surface area (Å²) >= 11 is 0. The molecule has 0 aliphatic carbocycles. The lowest BCUT2D eigenvalue weighted by Gasteiger charge is -2.14. The molecule has 2 N–H and O–H groups in total. The van der Waals surface area contributed by atoms with Gasteiger partial charge in [-0.15, -0.1) is 0 Å². The van der Waals surface area contributed by atoms with E-state index in [2.05, 4.69) is 0 Å². The van der Waals surface area contributed by atoms with Gasteiger partial charge < -0.3 is 4.90 Å². The second kappa shape index (κ2) is 3.90. The van der Waals surface area contributed by atoms with Crippen LogP contribution in [0.1, 0.15) is 17.3 Å². The van der Waals surface area contributed by atoms with Gasteiger partial charge in [0.1, 0.15) is 11.0 Å². The number of nitrogens with two attached hydrogens (primary N) is 1. The lowest BCUT2D eigenvalue weighted by atomic mass is 10.1. The molecule has 1 aliphatic heterocycles. The van der Waals surface area contributed by atoms with E-state index in [9.17, 15) is 9.00 Å². The first-order valence-corrected chi connectivity index (χ1v) is 6.90. The van der Waals surface area contributed by atoms with E-state index in [0.717, 1.165) is 16.5 Å². The van der Waals surface area contributed by atoms with Crippen molar-refractivity contribution in [3.63, 3.8) is 0 Å². The summed E-state index contributed by atoms with van der Waals surface area (Å²) in [7, 11) is -1.55. The minimum absolute atomic E-state index is 0.00180. The van der Waals surface area contributed by atoms with E-state index < -0.39 is 11.0 Å². The molecule has 0 fully saturated rings. The van der Waals surface area contributed by atoms with Crippen molar-refractivity contribution in [1.29, 1.82) is 0 Å². The predicted molar refractivity (Wildman–Crippen MR) is 71.9 cm³/mol. The van der Waals surface area contributed by atoms with Crippen molar-refractivity contribution < 1.29 is 9.00 Å². The van der Waals surface area contributed by atoms with Crippen LogP contribution in [0.5, 0.6) is 0 Å². The highest BCUT2D eigenvalue weighted by Crippen LogP contribution is 2.39. The van der Waals surface area contributed by atoms with Crippen LogP contribution in [0, 0.1) is 0 Å². The molecule has 4 nitrogen and oxygen atoms in total. The van der Waals surface area contributed by atoms with Crippen molar-refractivity contribution in [2.24, 2.45) is 5.14 Å². The van der Waals surface area contributed by atoms with E-state index in [1.54, 1.807) is 23.1 Å². The van der Waals surface area contributed by atoms with Crippen LogP contribution in [0.15, 0.2) is 35.2 Å². The van der Waals surface area contributed by atoms with Crippen LogP contribution in [0.4, 0.5) is 5.69 Å². The molecule has 1 heterocycles. The average molecular weight is 260 g/mol. The fourth-order valence-corrected chi connectivity index (χ4v) is 3.10. The summed E-state index contributed by atoms with van der Waals surface area (Å²) in [6, 6.07) is 9.01. The van der Waals surface area contributed by atoms with Gasteiger partial charge in [-0.25, -0.2) is 9.35 Å². The number of carbonyl (C=O) groups excluding carboxylic acids is 1. The van der Waals surface area contributed by atoms with E-state index in [4.69, 9.17) is 5.14 Å². The van der Waals surface area contributed by atoms with E-state index in [-0.39, 0.29) is 5.91 Å². The topological polar surface area (TPSA) is 63.4 Å². The first-order valence-electron chi connectivity index (χ1n) is 5.69. The van der Waals surface area contributed by atoms with Crippen LogP contribution in [0.2, 0.25) is 0 Å². The second-order valence-corrected chi connectivity index (χ2v) is 5.19. The minimum atomic E-state index is -1.55. The third-order valence-corrected chi connectivity index (χ3v) is 4.07. The Hall–Kier alpha value is -1.72. The third-order valence-electron chi connectivity index (χ3n) is 3.28. The van der Waals surface area contributed by atoms with E-state index in [1.807, 2.05) is 19.1 Å². The first kappa shape index (κ1) is 11.4. The summed E-state index contributed by atoms with van der Waals surface area (Å²) in [4.78, 5) is 14.5. The van der Waals surface area contributed by atoms with Gasteiger partial charge in [-0.05, 0) is 25.1 Å². The lowest BCUT2D eigenvalue weighted by Crippen LogP contribution is -2.25. The number of benzene rings is 2. The Bertz CT molecular complexity index is 697. The van der Waals surface area contributed by atoms with Crippen LogP contribution in [-0.4, -0.2) is 16.7 Å². The number of nitrogens with zero attached hydrogens (tertiary/aromatic N) is 1. The molecule has 0 aromatic heterocycles. The van der Waals surface area contributed by atoms with Gasteiger partial charge in [0.15, 0.2) is 0 Å². The molecule has 0 radical (unpaired) electrons. The highest BCUT2D eigenvalue weighted by Gasteiger charge is 2.29. The molecule has 1 aliphatic rings. The maximum atomic E-state index is 12.2. The van der Waals surface area contributed by atoms with Gasteiger partial charge in [0, 0.05) is 22.9 Å². The van der Waals surface area contributed by atoms with Gasteiger partial charge >= 0.3 is 0 Å². The average Bonchev–Trinajstić information content (AvgIpc) is 2.64. The summed E-state index contributed by atoms with van der Waals surface area (Å²) in [6.07, 6.45) is 0. The molecular formula is C13H12N2O2S. The Morgan fingerprint density at radius 2 is 2.06 bits per heavy atom. The standard InChI is InChI=1S/C13H12N2O2S/c1-2-15-10-6-7-11(18(14)17)8-4-3-5-9(12(8)10)13(15)16/h3-7H,2,14H2,1H3. The third kappa shape index (κ3) is 1.34. The number of hydrogen-bond donors (Lipinski definition) is 1. The van der Waals surface area contributed by atoms with Crippen molar-refractivity contribution in [2.45, 2.75) is 11.8 Å². The van der Waals surface area contributed by atoms with Gasteiger partial charge in [-0.1, -0.05) is 12.1 Å². The summed E-state index contributed by atoms with van der Waals surface area (Å²) in [5.41, 5.74) is 1.54. The van der Waals surface area contributed by atoms with Gasteiger partial charge in [0.05, 0.1) is 10.6 Å². The Balaban J connectivity index is 2.44. The molecule has 0 spiro atoms. The highest BCUT2D eigenvalue weighted by atomic mass is 32.2. The zero-order chi connectivity index (χ0) is 12.9. The van der Waals surface area contributed by atoms with Crippen LogP contribution < -0.4 is 10.0 Å². The molecule has 0 saturated heterocycles. The minimum Gasteiger partial charge on any atom is -0.308 e. The maximum absolute atomic E-state index is 12.2. The molecule has 92 valence electrons. The Kier molecular flexibility index (Phi) is 2.46. The Labute approximate surface area is 107 Å². The molecular weight excluding hydrogens is 248 g/mol. The number of carbonyl (C=O) groups is 1. The van der Waals surface area contributed by atoms with E-state index in [0.29, 0.717) is 17.0 Å². The molecule has 2 aromatic carbocycles. The van der Waals surface area contributed by atoms with E-state index >= 15 is 0 Å². The molecule has 0 saturated carbocycles. The van der Waals surface area contributed by atoms with E-state index in [1.165, 1.54) is 0 Å². The van der Waals surface area contributed by atoms with Crippen LogP contribution in [-0.2, 0) is 11.0 Å². The highest BCUT2D eigenvalue weighted by molar-refractivity contribution is 7.83. The molecule has 5 heteroatoms. The Morgan fingerprint density at radius 3 is 2.72 bits per heavy atom. The van der Waals surface area contributed by atoms with Crippen LogP contribution in [0.3, 0.4) is 0 Å². The molecule has 0 bridgehead atoms. The van der Waals surface area contributed by atoms with Crippen molar-refractivity contribution in [3.05, 3.63) is 35.9 Å². The predicted octanol–water partition coefficient (Wildman–Crippen LogP) is 1.80. The quantitative estimate of drug-likeness (QED) is 0.895. The van der Waals surface area contributed by atoms with Gasteiger partial charge in [0.25, 0.3) is 5.91 Å². The summed E-state index contributed by atoms with van der Waals surface area (Å²) in [5, 5.41) is 7.14. The van der Waals surface area contributed by atoms with Gasteiger partial charge in [-0.2, -0.15) is 0 Å². The van der Waals surface area contributed by atoms with Crippen LogP contribution >= 0.6 is 0 Å². The zero-order valence-electron chi connectivity index (χ0n) is 9.84. The van der Waals surface area contributed by atoms with Crippen molar-refractivity contribution >= 4 is 33.4 Å². The van der Waals surface area contributed by atoms with Crippen molar-refractivity contribution in [3.8, 4) is 0 Å². The lowest BCUT2D eigenvalue weighted by molar-refractivity contribution is 0.0994. The van der Waals surface area contributed by atoms with Crippen molar-refractivity contribution in [1.82, 2.24) is 0 Å². The molecule has 1 atom stereocenters. The fraction of sp³-hybridized carbons (Fsp3) is 0.154. The fourth-order valence-electron chi connectivity index (χ4n) is 2.51. The second-order valence-electron chi connectivity index (χ2n) is 4.16. The summed E-state index contributed by atoms with van der Waals surface area (Å²) in [6.45, 7) is 2.55. The first-order chi connectivity index (χ1) is 8.65. The molecule has 18 heavy (non-hydrogen) atoms. The number of anilines is 1. The van der Waals surface area contributed by atoms with Gasteiger partial charge in [-0.3, -0.25) is 4.79 Å². The molecule has 2 aromatic rings. The van der Waals surface area contributed by atoms with Crippen molar-refractivity contribution in [2.75, 3.05) is 11.4 Å². The van der Waals surface area contributed by atoms with Gasteiger partial charge in [0.2, 0.25) is 0 Å². The normalized spacial score (nSPS) is 15.4. The zero-order valence-corrected chi connectivity index (χ0v) is 10.7. The largest absolute Gasteiger partial charge is 0.308 e.